The Bertz CT molecular complexity index is 675. The Morgan fingerprint density at radius 1 is 1.53 bits per heavy atom. The summed E-state index contributed by atoms with van der Waals surface area (Å²) in [6.07, 6.45) is 0. The van der Waals surface area contributed by atoms with E-state index in [2.05, 4.69) is 59.8 Å². The van der Waals surface area contributed by atoms with Crippen LogP contribution in [0.2, 0.25) is 0 Å². The zero-order chi connectivity index (χ0) is 14.0. The van der Waals surface area contributed by atoms with Crippen molar-refractivity contribution in [3.63, 3.8) is 0 Å². The molecule has 3 nitrogen and oxygen atoms in total. The fourth-order valence-corrected chi connectivity index (χ4v) is 2.42. The Morgan fingerprint density at radius 2 is 2.26 bits per heavy atom. The lowest BCUT2D eigenvalue weighted by atomic mass is 10.3. The molecule has 0 aliphatic carbocycles. The molecule has 0 aliphatic rings. The van der Waals surface area contributed by atoms with Crippen LogP contribution >= 0.6 is 44.5 Å². The molecule has 100 valence electrons. The monoisotopic (exact) mass is 405 g/mol. The van der Waals surface area contributed by atoms with E-state index in [1.165, 1.54) is 6.07 Å². The molecule has 1 aromatic carbocycles. The summed E-state index contributed by atoms with van der Waals surface area (Å²) in [5.41, 5.74) is 2.60. The Balaban J connectivity index is 2.41. The highest BCUT2D eigenvalue weighted by Crippen LogP contribution is 2.25. The molecule has 1 heterocycles. The van der Waals surface area contributed by atoms with Gasteiger partial charge < -0.3 is 10.3 Å². The molecule has 0 bridgehead atoms. The first-order valence-electron chi connectivity index (χ1n) is 5.30. The summed E-state index contributed by atoms with van der Waals surface area (Å²) in [6.45, 7) is 1.90. The van der Waals surface area contributed by atoms with Crippen molar-refractivity contribution in [2.75, 3.05) is 5.32 Å². The number of anilines is 1. The molecule has 2 aromatic rings. The minimum atomic E-state index is -0.356. The molecule has 0 saturated carbocycles. The molecule has 0 radical (unpaired) electrons. The summed E-state index contributed by atoms with van der Waals surface area (Å²) in [5.74, 6) is 0.0971. The van der Waals surface area contributed by atoms with Gasteiger partial charge in [-0.15, -0.1) is 12.6 Å². The molecule has 1 aromatic heterocycles. The van der Waals surface area contributed by atoms with E-state index in [9.17, 15) is 4.39 Å². The van der Waals surface area contributed by atoms with Crippen molar-refractivity contribution in [1.82, 2.24) is 9.97 Å². The second-order valence-electron chi connectivity index (χ2n) is 3.80. The number of aromatic amines is 1. The van der Waals surface area contributed by atoms with Crippen molar-refractivity contribution in [3.8, 4) is 0 Å². The van der Waals surface area contributed by atoms with Crippen molar-refractivity contribution in [2.24, 2.45) is 0 Å². The molecule has 0 spiro atoms. The van der Waals surface area contributed by atoms with Gasteiger partial charge in [-0.05, 0) is 45.5 Å². The molecule has 19 heavy (non-hydrogen) atoms. The predicted molar refractivity (Wildman–Crippen MR) is 87.3 cm³/mol. The molecular formula is C12H10Br2FN3S. The second kappa shape index (κ2) is 6.11. The number of para-hydroxylation sites is 1. The lowest BCUT2D eigenvalue weighted by Gasteiger charge is -2.09. The average molecular weight is 407 g/mol. The highest BCUT2D eigenvalue weighted by Gasteiger charge is 2.10. The van der Waals surface area contributed by atoms with E-state index in [1.54, 1.807) is 17.1 Å². The largest absolute Gasteiger partial charge is 0.324 e. The van der Waals surface area contributed by atoms with Gasteiger partial charge in [0.2, 0.25) is 5.95 Å². The molecular weight excluding hydrogens is 397 g/mol. The summed E-state index contributed by atoms with van der Waals surface area (Å²) in [5, 5.41) is 3.07. The van der Waals surface area contributed by atoms with Crippen LogP contribution in [0.3, 0.4) is 0 Å². The Labute approximate surface area is 132 Å². The van der Waals surface area contributed by atoms with Gasteiger partial charge in [-0.25, -0.2) is 9.37 Å². The highest BCUT2D eigenvalue weighted by atomic mass is 79.9. The number of fused-ring (bicyclic) bond motifs is 1. The van der Waals surface area contributed by atoms with Gasteiger partial charge in [0.15, 0.2) is 5.82 Å². The third-order valence-electron chi connectivity index (χ3n) is 2.47. The smallest absolute Gasteiger partial charge is 0.205 e. The van der Waals surface area contributed by atoms with Gasteiger partial charge in [-0.3, -0.25) is 0 Å². The van der Waals surface area contributed by atoms with Crippen molar-refractivity contribution in [3.05, 3.63) is 44.1 Å². The molecule has 2 N–H and O–H groups in total. The topological polar surface area (TPSA) is 40.7 Å². The number of nitrogens with zero attached hydrogens (tertiary/aromatic N) is 1. The van der Waals surface area contributed by atoms with Gasteiger partial charge in [0.25, 0.3) is 0 Å². The Kier molecular flexibility index (Phi) is 4.70. The Morgan fingerprint density at radius 3 is 2.84 bits per heavy atom. The maximum atomic E-state index is 13.6. The van der Waals surface area contributed by atoms with E-state index in [0.29, 0.717) is 20.8 Å². The minimum Gasteiger partial charge on any atom is -0.324 e. The number of hydrogen-bond acceptors (Lipinski definition) is 3. The number of aromatic nitrogens is 2. The standard InChI is InChI=1S/C12H10Br2FN3S/c1-6(5-13)9(11(14)19)17-12-16-8-4-2-3-7(15)10(8)18-12/h2-5,19H,1H3,(H2,16,17,18)/b6-5+,11-9+. The van der Waals surface area contributed by atoms with E-state index in [0.717, 1.165) is 11.3 Å². The number of hydrogen-bond donors (Lipinski definition) is 3. The molecule has 0 amide bonds. The quantitative estimate of drug-likeness (QED) is 0.500. The molecule has 0 atom stereocenters. The number of H-pyrrole nitrogens is 1. The zero-order valence-corrected chi connectivity index (χ0v) is 13.9. The van der Waals surface area contributed by atoms with Crippen LogP contribution in [0.5, 0.6) is 0 Å². The SMILES string of the molecule is CC(=C\Br)/C(Nc1nc2c(F)cccc2[nH]1)=C(\S)Br. The lowest BCUT2D eigenvalue weighted by Crippen LogP contribution is -2.02. The van der Waals surface area contributed by atoms with Crippen molar-refractivity contribution < 1.29 is 4.39 Å². The number of allylic oxidation sites excluding steroid dienone is 1. The van der Waals surface area contributed by atoms with Crippen LogP contribution in [0.25, 0.3) is 11.0 Å². The van der Waals surface area contributed by atoms with Gasteiger partial charge in [0, 0.05) is 0 Å². The number of thiol groups is 1. The number of benzene rings is 1. The normalized spacial score (nSPS) is 13.6. The molecule has 0 unspecified atom stereocenters. The molecule has 0 aliphatic heterocycles. The highest BCUT2D eigenvalue weighted by molar-refractivity contribution is 9.13. The van der Waals surface area contributed by atoms with Crippen LogP contribution < -0.4 is 5.32 Å². The first-order valence-corrected chi connectivity index (χ1v) is 7.46. The van der Waals surface area contributed by atoms with E-state index in [1.807, 2.05) is 6.92 Å². The minimum absolute atomic E-state index is 0.306. The zero-order valence-electron chi connectivity index (χ0n) is 9.84. The van der Waals surface area contributed by atoms with Gasteiger partial charge in [0.1, 0.15) is 5.52 Å². The maximum absolute atomic E-state index is 13.6. The van der Waals surface area contributed by atoms with Crippen molar-refractivity contribution >= 4 is 61.5 Å². The van der Waals surface area contributed by atoms with Gasteiger partial charge in [0.05, 0.1) is 15.0 Å². The van der Waals surface area contributed by atoms with E-state index in [-0.39, 0.29) is 5.82 Å². The number of halogens is 3. The van der Waals surface area contributed by atoms with Crippen molar-refractivity contribution in [1.29, 1.82) is 0 Å². The van der Waals surface area contributed by atoms with Gasteiger partial charge in [-0.1, -0.05) is 22.0 Å². The van der Waals surface area contributed by atoms with Crippen LogP contribution in [0.4, 0.5) is 10.3 Å². The van der Waals surface area contributed by atoms with Gasteiger partial charge >= 0.3 is 0 Å². The summed E-state index contributed by atoms with van der Waals surface area (Å²) in [7, 11) is 0. The van der Waals surface area contributed by atoms with Crippen LogP contribution in [0, 0.1) is 5.82 Å². The fourth-order valence-electron chi connectivity index (χ4n) is 1.54. The number of nitrogens with one attached hydrogen (secondary N) is 2. The number of imidazole rings is 1. The van der Waals surface area contributed by atoms with Crippen LogP contribution in [0.1, 0.15) is 6.92 Å². The average Bonchev–Trinajstić information content (AvgIpc) is 2.79. The predicted octanol–water partition coefficient (Wildman–Crippen LogP) is 4.91. The molecule has 0 saturated heterocycles. The number of rotatable bonds is 3. The summed E-state index contributed by atoms with van der Waals surface area (Å²) in [6, 6.07) is 4.78. The summed E-state index contributed by atoms with van der Waals surface area (Å²) in [4.78, 5) is 8.94. The van der Waals surface area contributed by atoms with Gasteiger partial charge in [-0.2, -0.15) is 0 Å². The fraction of sp³-hybridized carbons (Fsp3) is 0.0833. The summed E-state index contributed by atoms with van der Waals surface area (Å²) < 4.78 is 14.2. The maximum Gasteiger partial charge on any atom is 0.205 e. The second-order valence-corrected chi connectivity index (χ2v) is 6.12. The first kappa shape index (κ1) is 14.6. The third kappa shape index (κ3) is 3.21. The Hall–Kier alpha value is -0.790. The van der Waals surface area contributed by atoms with Crippen molar-refractivity contribution in [2.45, 2.75) is 6.92 Å². The first-order chi connectivity index (χ1) is 9.02. The third-order valence-corrected chi connectivity index (χ3v) is 3.78. The van der Waals surface area contributed by atoms with Crippen LogP contribution in [0.15, 0.2) is 38.3 Å². The van der Waals surface area contributed by atoms with E-state index >= 15 is 0 Å². The van der Waals surface area contributed by atoms with E-state index < -0.39 is 0 Å². The van der Waals surface area contributed by atoms with Crippen LogP contribution in [-0.4, -0.2) is 9.97 Å². The molecule has 7 heteroatoms. The van der Waals surface area contributed by atoms with Crippen LogP contribution in [-0.2, 0) is 0 Å². The summed E-state index contributed by atoms with van der Waals surface area (Å²) >= 11 is 10.8. The lowest BCUT2D eigenvalue weighted by molar-refractivity contribution is 0.637. The molecule has 2 rings (SSSR count). The van der Waals surface area contributed by atoms with E-state index in [4.69, 9.17) is 0 Å². The molecule has 0 fully saturated rings.